The molecule has 23 heavy (non-hydrogen) atoms. The van der Waals surface area contributed by atoms with Crippen LogP contribution in [0.2, 0.25) is 0 Å². The van der Waals surface area contributed by atoms with Gasteiger partial charge in [-0.25, -0.2) is 13.1 Å². The van der Waals surface area contributed by atoms with Crippen molar-refractivity contribution in [2.75, 3.05) is 0 Å². The molecule has 1 aliphatic carbocycles. The van der Waals surface area contributed by atoms with Crippen LogP contribution in [0.15, 0.2) is 42.7 Å². The summed E-state index contributed by atoms with van der Waals surface area (Å²) in [5.74, 6) is 0. The number of nitrogens with one attached hydrogen (secondary N) is 1. The minimum absolute atomic E-state index is 0.227. The molecule has 1 aromatic heterocycles. The Balaban J connectivity index is 1.68. The lowest BCUT2D eigenvalue weighted by molar-refractivity contribution is 0.477. The Morgan fingerprint density at radius 2 is 1.83 bits per heavy atom. The fraction of sp³-hybridized carbons (Fsp3) is 0.471. The largest absolute Gasteiger partial charge is 0.268 e. The molecule has 1 saturated carbocycles. The van der Waals surface area contributed by atoms with Gasteiger partial charge in [-0.3, -0.25) is 4.68 Å². The minimum atomic E-state index is -3.23. The zero-order chi connectivity index (χ0) is 16.1. The summed E-state index contributed by atoms with van der Waals surface area (Å²) in [7, 11) is -3.23. The summed E-state index contributed by atoms with van der Waals surface area (Å²) in [6, 6.07) is 9.79. The number of benzene rings is 1. The van der Waals surface area contributed by atoms with Crippen molar-refractivity contribution in [1.29, 1.82) is 0 Å². The van der Waals surface area contributed by atoms with E-state index >= 15 is 0 Å². The van der Waals surface area contributed by atoms with E-state index < -0.39 is 10.0 Å². The van der Waals surface area contributed by atoms with Crippen LogP contribution >= 0.6 is 0 Å². The molecule has 0 saturated heterocycles. The molecule has 3 rings (SSSR count). The van der Waals surface area contributed by atoms with Gasteiger partial charge in [-0.05, 0) is 30.0 Å². The SMILES string of the molecule is O=S(=O)(NCc1ccccc1Cn1cccn1)C1CCCCC1. The molecule has 1 heterocycles. The van der Waals surface area contributed by atoms with E-state index in [1.54, 1.807) is 6.20 Å². The Morgan fingerprint density at radius 3 is 2.52 bits per heavy atom. The van der Waals surface area contributed by atoms with Crippen molar-refractivity contribution in [2.24, 2.45) is 0 Å². The third-order valence-electron chi connectivity index (χ3n) is 4.46. The maximum absolute atomic E-state index is 12.5. The first-order valence-electron chi connectivity index (χ1n) is 8.18. The van der Waals surface area contributed by atoms with E-state index in [0.717, 1.165) is 43.2 Å². The van der Waals surface area contributed by atoms with Crippen LogP contribution in [0.1, 0.15) is 43.2 Å². The second kappa shape index (κ2) is 7.27. The monoisotopic (exact) mass is 333 g/mol. The maximum Gasteiger partial charge on any atom is 0.214 e. The molecule has 5 nitrogen and oxygen atoms in total. The Hall–Kier alpha value is -1.66. The summed E-state index contributed by atoms with van der Waals surface area (Å²) in [6.45, 7) is 0.991. The third kappa shape index (κ3) is 4.20. The van der Waals surface area contributed by atoms with Crippen LogP contribution < -0.4 is 4.72 Å². The standard InChI is InChI=1S/C17H23N3O2S/c21-23(22,17-9-2-1-3-10-17)19-13-15-7-4-5-8-16(15)14-20-12-6-11-18-20/h4-8,11-12,17,19H,1-3,9-10,13-14H2. The number of rotatable bonds is 6. The highest BCUT2D eigenvalue weighted by Crippen LogP contribution is 2.23. The lowest BCUT2D eigenvalue weighted by Gasteiger charge is -2.22. The van der Waals surface area contributed by atoms with Crippen LogP contribution in [0.5, 0.6) is 0 Å². The molecule has 1 aliphatic rings. The first-order chi connectivity index (χ1) is 11.1. The van der Waals surface area contributed by atoms with Gasteiger partial charge in [0.1, 0.15) is 0 Å². The molecule has 1 fully saturated rings. The molecule has 1 aromatic carbocycles. The zero-order valence-corrected chi connectivity index (χ0v) is 14.0. The smallest absolute Gasteiger partial charge is 0.214 e. The van der Waals surface area contributed by atoms with Crippen LogP contribution in [-0.2, 0) is 23.1 Å². The Labute approximate surface area is 137 Å². The molecule has 0 spiro atoms. The maximum atomic E-state index is 12.5. The van der Waals surface area contributed by atoms with Gasteiger partial charge in [0.15, 0.2) is 0 Å². The molecule has 2 aromatic rings. The van der Waals surface area contributed by atoms with Crippen LogP contribution in [-0.4, -0.2) is 23.4 Å². The highest BCUT2D eigenvalue weighted by molar-refractivity contribution is 7.90. The van der Waals surface area contributed by atoms with E-state index in [4.69, 9.17) is 0 Å². The highest BCUT2D eigenvalue weighted by Gasteiger charge is 2.26. The topological polar surface area (TPSA) is 64.0 Å². The van der Waals surface area contributed by atoms with Crippen molar-refractivity contribution in [1.82, 2.24) is 14.5 Å². The van der Waals surface area contributed by atoms with Crippen molar-refractivity contribution in [3.8, 4) is 0 Å². The van der Waals surface area contributed by atoms with Crippen LogP contribution in [0.25, 0.3) is 0 Å². The Morgan fingerprint density at radius 1 is 1.09 bits per heavy atom. The second-order valence-corrected chi connectivity index (χ2v) is 8.14. The summed E-state index contributed by atoms with van der Waals surface area (Å²) < 4.78 is 29.6. The fourth-order valence-electron chi connectivity index (χ4n) is 3.12. The van der Waals surface area contributed by atoms with Gasteiger partial charge < -0.3 is 0 Å². The van der Waals surface area contributed by atoms with Crippen molar-refractivity contribution < 1.29 is 8.42 Å². The first-order valence-corrected chi connectivity index (χ1v) is 9.72. The van der Waals surface area contributed by atoms with Gasteiger partial charge in [0.05, 0.1) is 11.8 Å². The quantitative estimate of drug-likeness (QED) is 0.884. The molecule has 0 bridgehead atoms. The molecule has 0 radical (unpaired) electrons. The number of nitrogens with zero attached hydrogens (tertiary/aromatic N) is 2. The predicted molar refractivity (Wildman–Crippen MR) is 90.4 cm³/mol. The summed E-state index contributed by atoms with van der Waals surface area (Å²) in [4.78, 5) is 0. The second-order valence-electron chi connectivity index (χ2n) is 6.10. The lowest BCUT2D eigenvalue weighted by atomic mass is 10.0. The molecule has 0 atom stereocenters. The van der Waals surface area contributed by atoms with E-state index in [2.05, 4.69) is 9.82 Å². The first kappa shape index (κ1) is 16.2. The lowest BCUT2D eigenvalue weighted by Crippen LogP contribution is -2.35. The average molecular weight is 333 g/mol. The summed E-state index contributed by atoms with van der Waals surface area (Å²) in [5, 5.41) is 3.99. The zero-order valence-electron chi connectivity index (χ0n) is 13.2. The van der Waals surface area contributed by atoms with Crippen LogP contribution in [0.3, 0.4) is 0 Å². The van der Waals surface area contributed by atoms with Gasteiger partial charge >= 0.3 is 0 Å². The van der Waals surface area contributed by atoms with Gasteiger partial charge in [-0.15, -0.1) is 0 Å². The molecule has 0 amide bonds. The van der Waals surface area contributed by atoms with Gasteiger partial charge in [0, 0.05) is 18.9 Å². The summed E-state index contributed by atoms with van der Waals surface area (Å²) in [5.41, 5.74) is 2.09. The third-order valence-corrected chi connectivity index (χ3v) is 6.36. The Bertz CT molecular complexity index is 720. The van der Waals surface area contributed by atoms with E-state index in [1.807, 2.05) is 41.2 Å². The van der Waals surface area contributed by atoms with Crippen molar-refractivity contribution in [2.45, 2.75) is 50.4 Å². The van der Waals surface area contributed by atoms with E-state index in [0.29, 0.717) is 13.1 Å². The Kier molecular flexibility index (Phi) is 5.13. The fourth-order valence-corrected chi connectivity index (χ4v) is 4.67. The number of hydrogen-bond donors (Lipinski definition) is 1. The highest BCUT2D eigenvalue weighted by atomic mass is 32.2. The molecule has 0 unspecified atom stereocenters. The van der Waals surface area contributed by atoms with Gasteiger partial charge in [0.2, 0.25) is 10.0 Å². The molecule has 1 N–H and O–H groups in total. The van der Waals surface area contributed by atoms with Crippen LogP contribution in [0, 0.1) is 0 Å². The molecule has 6 heteroatoms. The van der Waals surface area contributed by atoms with Crippen molar-refractivity contribution in [3.05, 3.63) is 53.9 Å². The van der Waals surface area contributed by atoms with E-state index in [1.165, 1.54) is 0 Å². The van der Waals surface area contributed by atoms with Gasteiger partial charge in [-0.2, -0.15) is 5.10 Å². The molecular weight excluding hydrogens is 310 g/mol. The van der Waals surface area contributed by atoms with Crippen LogP contribution in [0.4, 0.5) is 0 Å². The predicted octanol–water partition coefficient (Wildman–Crippen LogP) is 2.68. The molecule has 124 valence electrons. The molecule has 0 aliphatic heterocycles. The van der Waals surface area contributed by atoms with Gasteiger partial charge in [-0.1, -0.05) is 43.5 Å². The number of aromatic nitrogens is 2. The normalized spacial score (nSPS) is 16.5. The van der Waals surface area contributed by atoms with E-state index in [9.17, 15) is 8.42 Å². The average Bonchev–Trinajstić information content (AvgIpc) is 3.08. The van der Waals surface area contributed by atoms with Crippen molar-refractivity contribution in [3.63, 3.8) is 0 Å². The summed E-state index contributed by atoms with van der Waals surface area (Å²) >= 11 is 0. The number of hydrogen-bond acceptors (Lipinski definition) is 3. The minimum Gasteiger partial charge on any atom is -0.268 e. The summed E-state index contributed by atoms with van der Waals surface area (Å²) in [6.07, 6.45) is 8.40. The number of sulfonamides is 1. The molecular formula is C17H23N3O2S. The van der Waals surface area contributed by atoms with Crippen molar-refractivity contribution >= 4 is 10.0 Å². The van der Waals surface area contributed by atoms with E-state index in [-0.39, 0.29) is 5.25 Å². The van der Waals surface area contributed by atoms with Gasteiger partial charge in [0.25, 0.3) is 0 Å².